The second-order valence-corrected chi connectivity index (χ2v) is 8.98. The maximum atomic E-state index is 13.3. The van der Waals surface area contributed by atoms with E-state index in [9.17, 15) is 13.2 Å². The number of fused-ring (bicyclic) bond motifs is 1. The summed E-state index contributed by atoms with van der Waals surface area (Å²) in [5.74, 6) is 1.87. The molecule has 0 aromatic carbocycles. The third kappa shape index (κ3) is 4.53. The Hall–Kier alpha value is -4.26. The van der Waals surface area contributed by atoms with E-state index in [1.165, 1.54) is 16.7 Å². The molecule has 0 bridgehead atoms. The van der Waals surface area contributed by atoms with Crippen LogP contribution >= 0.6 is 0 Å². The van der Waals surface area contributed by atoms with Gasteiger partial charge in [-0.3, -0.25) is 14.4 Å². The largest absolute Gasteiger partial charge is 0.417 e. The summed E-state index contributed by atoms with van der Waals surface area (Å²) in [6, 6.07) is 4.21. The van der Waals surface area contributed by atoms with Gasteiger partial charge in [-0.2, -0.15) is 18.3 Å². The van der Waals surface area contributed by atoms with E-state index in [1.54, 1.807) is 6.20 Å². The summed E-state index contributed by atoms with van der Waals surface area (Å²) in [7, 11) is 0. The number of anilines is 1. The lowest BCUT2D eigenvalue weighted by Crippen LogP contribution is -2.48. The summed E-state index contributed by atoms with van der Waals surface area (Å²) >= 11 is 0. The highest BCUT2D eigenvalue weighted by Crippen LogP contribution is 2.32. The van der Waals surface area contributed by atoms with E-state index >= 15 is 0 Å². The molecule has 1 unspecified atom stereocenters. The van der Waals surface area contributed by atoms with E-state index in [4.69, 9.17) is 4.98 Å². The molecule has 13 heteroatoms. The van der Waals surface area contributed by atoms with Crippen LogP contribution in [0.3, 0.4) is 0 Å². The number of H-pyrrole nitrogens is 2. The summed E-state index contributed by atoms with van der Waals surface area (Å²) in [6.45, 7) is 4.76. The zero-order chi connectivity index (χ0) is 25.6. The van der Waals surface area contributed by atoms with Gasteiger partial charge in [0.1, 0.15) is 23.0 Å². The lowest BCUT2D eigenvalue weighted by atomic mass is 10.1. The monoisotopic (exact) mass is 508 g/mol. The standard InChI is InChI=1S/C24H23F3N10/c1-15-29-10-18(33-15)13-35-6-7-36(14-20(35)16-8-31-32-9-16)22-4-5-28-23(34-22)19-11-30-21-3-2-17(12-37(19)21)24(25,26)27/h2-5,8-12,20H,6-7,13-14H2,1H3,(H,29,33)(H,31,32). The van der Waals surface area contributed by atoms with Crippen molar-refractivity contribution >= 4 is 11.5 Å². The number of halogens is 3. The van der Waals surface area contributed by atoms with Crippen LogP contribution in [-0.4, -0.2) is 64.1 Å². The number of rotatable bonds is 5. The van der Waals surface area contributed by atoms with E-state index in [0.717, 1.165) is 35.9 Å². The molecule has 0 spiro atoms. The molecule has 190 valence electrons. The first-order valence-corrected chi connectivity index (χ1v) is 11.7. The number of piperazine rings is 1. The number of aryl methyl sites for hydroxylation is 1. The van der Waals surface area contributed by atoms with Gasteiger partial charge in [-0.1, -0.05) is 0 Å². The quantitative estimate of drug-likeness (QED) is 0.373. The predicted molar refractivity (Wildman–Crippen MR) is 128 cm³/mol. The molecule has 1 aliphatic heterocycles. The number of nitrogens with one attached hydrogen (secondary N) is 2. The van der Waals surface area contributed by atoms with E-state index in [-0.39, 0.29) is 6.04 Å². The lowest BCUT2D eigenvalue weighted by Gasteiger charge is -2.41. The second-order valence-electron chi connectivity index (χ2n) is 8.98. The smallest absolute Gasteiger partial charge is 0.353 e. The van der Waals surface area contributed by atoms with Gasteiger partial charge in [0.25, 0.3) is 0 Å². The first-order valence-electron chi connectivity index (χ1n) is 11.7. The van der Waals surface area contributed by atoms with Crippen molar-refractivity contribution < 1.29 is 13.2 Å². The van der Waals surface area contributed by atoms with Gasteiger partial charge < -0.3 is 9.88 Å². The summed E-state index contributed by atoms with van der Waals surface area (Å²) in [5, 5.41) is 7.04. The van der Waals surface area contributed by atoms with Crippen LogP contribution in [0.5, 0.6) is 0 Å². The number of aromatic nitrogens is 8. The van der Waals surface area contributed by atoms with Gasteiger partial charge in [-0.15, -0.1) is 0 Å². The Morgan fingerprint density at radius 2 is 1.95 bits per heavy atom. The Morgan fingerprint density at radius 1 is 1.05 bits per heavy atom. The van der Waals surface area contributed by atoms with E-state index in [1.807, 2.05) is 31.6 Å². The van der Waals surface area contributed by atoms with Crippen molar-refractivity contribution in [2.24, 2.45) is 0 Å². The van der Waals surface area contributed by atoms with Gasteiger partial charge in [0, 0.05) is 62.2 Å². The zero-order valence-corrected chi connectivity index (χ0v) is 19.8. The summed E-state index contributed by atoms with van der Waals surface area (Å²) < 4.78 is 41.3. The fourth-order valence-corrected chi connectivity index (χ4v) is 4.71. The van der Waals surface area contributed by atoms with E-state index in [0.29, 0.717) is 42.6 Å². The molecular weight excluding hydrogens is 485 g/mol. The van der Waals surface area contributed by atoms with Crippen molar-refractivity contribution in [3.05, 3.63) is 78.0 Å². The Balaban J connectivity index is 1.29. The molecule has 6 rings (SSSR count). The minimum atomic E-state index is -4.46. The van der Waals surface area contributed by atoms with Crippen molar-refractivity contribution in [1.82, 2.24) is 44.4 Å². The summed E-state index contributed by atoms with van der Waals surface area (Å²) in [5.41, 5.74) is 2.11. The van der Waals surface area contributed by atoms with Crippen LogP contribution in [0.25, 0.3) is 17.2 Å². The number of aromatic amines is 2. The normalized spacial score (nSPS) is 17.1. The van der Waals surface area contributed by atoms with Gasteiger partial charge in [0.05, 0.1) is 24.0 Å². The van der Waals surface area contributed by atoms with Crippen LogP contribution < -0.4 is 4.90 Å². The zero-order valence-electron chi connectivity index (χ0n) is 19.8. The van der Waals surface area contributed by atoms with Crippen molar-refractivity contribution in [2.75, 3.05) is 24.5 Å². The molecule has 2 N–H and O–H groups in total. The molecule has 1 saturated heterocycles. The Kier molecular flexibility index (Phi) is 5.63. The number of hydrogen-bond donors (Lipinski definition) is 2. The number of hydrogen-bond acceptors (Lipinski definition) is 7. The number of pyridine rings is 1. The Labute approximate surface area is 209 Å². The number of imidazole rings is 2. The number of alkyl halides is 3. The SMILES string of the molecule is Cc1ncc(CN2CCN(c3ccnc(-c4cnc5ccc(C(F)(F)F)cn45)n3)CC2c2cn[nH]c2)[nH]1. The molecule has 1 atom stereocenters. The van der Waals surface area contributed by atoms with Crippen molar-refractivity contribution in [3.8, 4) is 11.5 Å². The van der Waals surface area contributed by atoms with E-state index < -0.39 is 11.7 Å². The minimum Gasteiger partial charge on any atom is -0.353 e. The first kappa shape index (κ1) is 23.2. The van der Waals surface area contributed by atoms with Gasteiger partial charge in [0.15, 0.2) is 5.82 Å². The summed E-state index contributed by atoms with van der Waals surface area (Å²) in [4.78, 5) is 25.4. The van der Waals surface area contributed by atoms with Crippen LogP contribution in [0.1, 0.15) is 28.7 Å². The molecule has 0 radical (unpaired) electrons. The molecule has 1 aliphatic rings. The van der Waals surface area contributed by atoms with Crippen LogP contribution in [0.15, 0.2) is 55.4 Å². The highest BCUT2D eigenvalue weighted by atomic mass is 19.4. The van der Waals surface area contributed by atoms with Crippen molar-refractivity contribution in [3.63, 3.8) is 0 Å². The average Bonchev–Trinajstić information content (AvgIpc) is 3.65. The molecule has 37 heavy (non-hydrogen) atoms. The summed E-state index contributed by atoms with van der Waals surface area (Å²) in [6.07, 6.45) is 5.24. The Morgan fingerprint density at radius 3 is 2.70 bits per heavy atom. The van der Waals surface area contributed by atoms with Crippen molar-refractivity contribution in [1.29, 1.82) is 0 Å². The van der Waals surface area contributed by atoms with Crippen LogP contribution in [0.2, 0.25) is 0 Å². The molecule has 6 heterocycles. The highest BCUT2D eigenvalue weighted by molar-refractivity contribution is 5.59. The maximum absolute atomic E-state index is 13.3. The van der Waals surface area contributed by atoms with Crippen LogP contribution in [-0.2, 0) is 12.7 Å². The molecular formula is C24H23F3N10. The third-order valence-electron chi connectivity index (χ3n) is 6.55. The Bertz CT molecular complexity index is 1520. The van der Waals surface area contributed by atoms with Gasteiger partial charge >= 0.3 is 6.18 Å². The average molecular weight is 509 g/mol. The van der Waals surface area contributed by atoms with Gasteiger partial charge in [-0.05, 0) is 25.1 Å². The maximum Gasteiger partial charge on any atom is 0.417 e. The third-order valence-corrected chi connectivity index (χ3v) is 6.55. The molecule has 10 nitrogen and oxygen atoms in total. The fourth-order valence-electron chi connectivity index (χ4n) is 4.71. The second kappa shape index (κ2) is 9.00. The predicted octanol–water partition coefficient (Wildman–Crippen LogP) is 3.63. The van der Waals surface area contributed by atoms with Crippen LogP contribution in [0, 0.1) is 6.92 Å². The molecule has 1 fully saturated rings. The van der Waals surface area contributed by atoms with Gasteiger partial charge in [-0.25, -0.2) is 19.9 Å². The minimum absolute atomic E-state index is 0.0414. The van der Waals surface area contributed by atoms with E-state index in [2.05, 4.69) is 39.9 Å². The molecule has 5 aromatic heterocycles. The topological polar surface area (TPSA) is 107 Å². The fraction of sp³-hybridized carbons (Fsp3) is 0.292. The molecule has 5 aromatic rings. The molecule has 0 saturated carbocycles. The molecule has 0 amide bonds. The van der Waals surface area contributed by atoms with Crippen LogP contribution in [0.4, 0.5) is 19.0 Å². The highest BCUT2D eigenvalue weighted by Gasteiger charge is 2.32. The number of nitrogens with zero attached hydrogens (tertiary/aromatic N) is 8. The molecule has 0 aliphatic carbocycles. The van der Waals surface area contributed by atoms with Gasteiger partial charge in [0.2, 0.25) is 0 Å². The lowest BCUT2D eigenvalue weighted by molar-refractivity contribution is -0.137. The first-order chi connectivity index (χ1) is 17.8. The van der Waals surface area contributed by atoms with Crippen molar-refractivity contribution in [2.45, 2.75) is 25.7 Å².